The number of hydrogen-bond acceptors (Lipinski definition) is 4. The van der Waals surface area contributed by atoms with Gasteiger partial charge in [-0.3, -0.25) is 14.3 Å². The lowest BCUT2D eigenvalue weighted by Gasteiger charge is -2.11. The van der Waals surface area contributed by atoms with Crippen molar-refractivity contribution >= 4 is 21.9 Å². The molecule has 0 saturated carbocycles. The highest BCUT2D eigenvalue weighted by Crippen LogP contribution is 2.27. The predicted molar refractivity (Wildman–Crippen MR) is 109 cm³/mol. The molecule has 0 amide bonds. The third-order valence-corrected chi connectivity index (χ3v) is 5.16. The molecule has 0 spiro atoms. The molecule has 30 heavy (non-hydrogen) atoms. The maximum atomic E-state index is 14.9. The van der Waals surface area contributed by atoms with Gasteiger partial charge >= 0.3 is 0 Å². The summed E-state index contributed by atoms with van der Waals surface area (Å²) in [6.45, 7) is -0.261. The van der Waals surface area contributed by atoms with E-state index in [1.807, 2.05) is 23.7 Å². The van der Waals surface area contributed by atoms with Crippen LogP contribution in [0, 0.1) is 11.6 Å². The van der Waals surface area contributed by atoms with E-state index in [9.17, 15) is 13.6 Å². The number of aromatic nitrogens is 5. The van der Waals surface area contributed by atoms with E-state index in [0.717, 1.165) is 11.0 Å². The molecule has 0 fully saturated rings. The second-order valence-corrected chi connectivity index (χ2v) is 7.05. The standard InChI is InChI=1S/C22H15F2N5O/c1-28-11-26-19-3-2-13(8-21(19)28)14-6-17(23)16(18(24)7-14)10-29-12-27-20-9-25-5-4-15(20)22(29)30/h2-9,11-12H,10H2,1H3. The number of aryl methyl sites for hydroxylation is 1. The van der Waals surface area contributed by atoms with E-state index in [0.29, 0.717) is 22.0 Å². The maximum Gasteiger partial charge on any atom is 0.261 e. The van der Waals surface area contributed by atoms with Gasteiger partial charge in [-0.2, -0.15) is 0 Å². The molecule has 0 atom stereocenters. The molecule has 0 aliphatic heterocycles. The highest BCUT2D eigenvalue weighted by molar-refractivity contribution is 5.82. The van der Waals surface area contributed by atoms with Gasteiger partial charge in [0.2, 0.25) is 0 Å². The molecule has 3 aromatic heterocycles. The van der Waals surface area contributed by atoms with Crippen LogP contribution in [0.1, 0.15) is 5.56 Å². The number of rotatable bonds is 3. The maximum absolute atomic E-state index is 14.9. The SMILES string of the molecule is Cn1cnc2ccc(-c3cc(F)c(Cn4cnc5cnccc5c4=O)c(F)c3)cc21. The summed E-state index contributed by atoms with van der Waals surface area (Å²) in [7, 11) is 1.86. The van der Waals surface area contributed by atoms with Crippen molar-refractivity contribution in [3.63, 3.8) is 0 Å². The van der Waals surface area contributed by atoms with Gasteiger partial charge in [-0.1, -0.05) is 6.07 Å². The predicted octanol–water partition coefficient (Wildman–Crippen LogP) is 3.67. The Labute approximate surface area is 169 Å². The molecule has 3 heterocycles. The summed E-state index contributed by atoms with van der Waals surface area (Å²) in [5, 5.41) is 0.342. The first kappa shape index (κ1) is 18.1. The van der Waals surface area contributed by atoms with Crippen molar-refractivity contribution in [2.24, 2.45) is 7.05 Å². The number of benzene rings is 2. The first-order valence-corrected chi connectivity index (χ1v) is 9.20. The number of pyridine rings is 1. The zero-order chi connectivity index (χ0) is 20.8. The summed E-state index contributed by atoms with van der Waals surface area (Å²) >= 11 is 0. The van der Waals surface area contributed by atoms with Crippen molar-refractivity contribution in [2.45, 2.75) is 6.54 Å². The van der Waals surface area contributed by atoms with Gasteiger partial charge in [-0.05, 0) is 41.5 Å². The molecular weight excluding hydrogens is 388 g/mol. The van der Waals surface area contributed by atoms with Crippen molar-refractivity contribution in [3.8, 4) is 11.1 Å². The summed E-state index contributed by atoms with van der Waals surface area (Å²) in [5.41, 5.74) is 2.60. The first-order valence-electron chi connectivity index (χ1n) is 9.20. The Morgan fingerprint density at radius 2 is 1.70 bits per heavy atom. The molecule has 0 unspecified atom stereocenters. The Morgan fingerprint density at radius 3 is 2.50 bits per heavy atom. The highest BCUT2D eigenvalue weighted by atomic mass is 19.1. The third-order valence-electron chi connectivity index (χ3n) is 5.16. The van der Waals surface area contributed by atoms with Crippen molar-refractivity contribution < 1.29 is 8.78 Å². The van der Waals surface area contributed by atoms with Crippen LogP contribution in [0.25, 0.3) is 33.1 Å². The smallest absolute Gasteiger partial charge is 0.261 e. The normalized spacial score (nSPS) is 11.4. The number of halogens is 2. The van der Waals surface area contributed by atoms with Crippen LogP contribution in [0.3, 0.4) is 0 Å². The van der Waals surface area contributed by atoms with Crippen molar-refractivity contribution in [2.75, 3.05) is 0 Å². The molecule has 0 aliphatic rings. The summed E-state index contributed by atoms with van der Waals surface area (Å²) in [6, 6.07) is 9.50. The molecule has 148 valence electrons. The van der Waals surface area contributed by atoms with Gasteiger partial charge in [-0.15, -0.1) is 0 Å². The first-order chi connectivity index (χ1) is 14.5. The Hall–Kier alpha value is -3.94. The molecule has 5 aromatic rings. The Bertz CT molecular complexity index is 1470. The Kier molecular flexibility index (Phi) is 4.13. The topological polar surface area (TPSA) is 65.6 Å². The van der Waals surface area contributed by atoms with Crippen LogP contribution in [0.15, 0.2) is 66.2 Å². The van der Waals surface area contributed by atoms with Gasteiger partial charge in [0.05, 0.1) is 47.3 Å². The van der Waals surface area contributed by atoms with Crippen molar-refractivity contribution in [1.29, 1.82) is 0 Å². The number of imidazole rings is 1. The molecule has 6 nitrogen and oxygen atoms in total. The molecule has 0 radical (unpaired) electrons. The zero-order valence-electron chi connectivity index (χ0n) is 15.9. The van der Waals surface area contributed by atoms with E-state index in [1.165, 1.54) is 41.5 Å². The van der Waals surface area contributed by atoms with E-state index in [4.69, 9.17) is 0 Å². The average Bonchev–Trinajstić information content (AvgIpc) is 3.12. The van der Waals surface area contributed by atoms with Gasteiger partial charge in [0, 0.05) is 18.8 Å². The largest absolute Gasteiger partial charge is 0.334 e. The minimum absolute atomic E-state index is 0.197. The molecule has 0 N–H and O–H groups in total. The van der Waals surface area contributed by atoms with Gasteiger partial charge in [0.1, 0.15) is 11.6 Å². The molecule has 0 bridgehead atoms. The second-order valence-electron chi connectivity index (χ2n) is 7.05. The van der Waals surface area contributed by atoms with Crippen LogP contribution >= 0.6 is 0 Å². The monoisotopic (exact) mass is 403 g/mol. The van der Waals surface area contributed by atoms with Crippen LogP contribution in [-0.4, -0.2) is 24.1 Å². The lowest BCUT2D eigenvalue weighted by atomic mass is 10.0. The number of nitrogens with zero attached hydrogens (tertiary/aromatic N) is 5. The quantitative estimate of drug-likeness (QED) is 0.461. The Morgan fingerprint density at radius 1 is 0.933 bits per heavy atom. The number of fused-ring (bicyclic) bond motifs is 2. The van der Waals surface area contributed by atoms with Gasteiger partial charge < -0.3 is 4.57 Å². The summed E-state index contributed by atoms with van der Waals surface area (Å²) in [6.07, 6.45) is 5.90. The lowest BCUT2D eigenvalue weighted by molar-refractivity contribution is 0.541. The minimum atomic E-state index is -0.725. The van der Waals surface area contributed by atoms with Crippen molar-refractivity contribution in [1.82, 2.24) is 24.1 Å². The molecule has 2 aromatic carbocycles. The number of hydrogen-bond donors (Lipinski definition) is 0. The van der Waals surface area contributed by atoms with Gasteiger partial charge in [0.15, 0.2) is 0 Å². The van der Waals surface area contributed by atoms with Crippen LogP contribution in [0.5, 0.6) is 0 Å². The van der Waals surface area contributed by atoms with Crippen molar-refractivity contribution in [3.05, 3.63) is 89.0 Å². The molecule has 0 aliphatic carbocycles. The fourth-order valence-corrected chi connectivity index (χ4v) is 3.52. The molecule has 0 saturated heterocycles. The van der Waals surface area contributed by atoms with E-state index < -0.39 is 11.6 Å². The zero-order valence-corrected chi connectivity index (χ0v) is 15.9. The van der Waals surface area contributed by atoms with E-state index in [2.05, 4.69) is 15.0 Å². The summed E-state index contributed by atoms with van der Waals surface area (Å²) in [4.78, 5) is 24.9. The van der Waals surface area contributed by atoms with Gasteiger partial charge in [0.25, 0.3) is 5.56 Å². The fraction of sp³-hybridized carbons (Fsp3) is 0.0909. The average molecular weight is 403 g/mol. The molecule has 8 heteroatoms. The molecular formula is C22H15F2N5O. The van der Waals surface area contributed by atoms with Gasteiger partial charge in [-0.25, -0.2) is 18.7 Å². The highest BCUT2D eigenvalue weighted by Gasteiger charge is 2.15. The third kappa shape index (κ3) is 2.93. The second kappa shape index (κ2) is 6.84. The van der Waals surface area contributed by atoms with E-state index in [1.54, 1.807) is 12.4 Å². The molecule has 5 rings (SSSR count). The fourth-order valence-electron chi connectivity index (χ4n) is 3.52. The van der Waals surface area contributed by atoms with Crippen LogP contribution < -0.4 is 5.56 Å². The van der Waals surface area contributed by atoms with E-state index >= 15 is 0 Å². The van der Waals surface area contributed by atoms with Crippen LogP contribution in [-0.2, 0) is 13.6 Å². The Balaban J connectivity index is 1.55. The van der Waals surface area contributed by atoms with Crippen LogP contribution in [0.2, 0.25) is 0 Å². The lowest BCUT2D eigenvalue weighted by Crippen LogP contribution is -2.22. The van der Waals surface area contributed by atoms with Crippen LogP contribution in [0.4, 0.5) is 8.78 Å². The summed E-state index contributed by atoms with van der Waals surface area (Å²) in [5.74, 6) is -1.45. The summed E-state index contributed by atoms with van der Waals surface area (Å²) < 4.78 is 32.7. The van der Waals surface area contributed by atoms with E-state index in [-0.39, 0.29) is 17.7 Å². The minimum Gasteiger partial charge on any atom is -0.334 e.